The number of hydrogen-bond donors (Lipinski definition) is 1. The smallest absolute Gasteiger partial charge is 0.252 e. The number of nitrogens with zero attached hydrogens (tertiary/aromatic N) is 7. The lowest BCUT2D eigenvalue weighted by molar-refractivity contribution is -0.132. The first-order valence-electron chi connectivity index (χ1n) is 12.4. The summed E-state index contributed by atoms with van der Waals surface area (Å²) in [5, 5.41) is 3.96. The number of carbonyl (C=O) groups excluding carboxylic acids is 2. The zero-order chi connectivity index (χ0) is 25.9. The van der Waals surface area contributed by atoms with Crippen LogP contribution in [-0.2, 0) is 16.1 Å². The molecule has 2 amide bonds. The summed E-state index contributed by atoms with van der Waals surface area (Å²) in [6.07, 6.45) is 5.53. The molecule has 1 N–H and O–H groups in total. The summed E-state index contributed by atoms with van der Waals surface area (Å²) < 4.78 is 1.67. The third-order valence-corrected chi connectivity index (χ3v) is 6.98. The zero-order valence-electron chi connectivity index (χ0n) is 20.8. The predicted molar refractivity (Wildman–Crippen MR) is 141 cm³/mol. The Morgan fingerprint density at radius 3 is 2.51 bits per heavy atom. The van der Waals surface area contributed by atoms with E-state index in [0.29, 0.717) is 50.2 Å². The Hall–Kier alpha value is -4.28. The molecule has 37 heavy (non-hydrogen) atoms. The van der Waals surface area contributed by atoms with Gasteiger partial charge in [0.2, 0.25) is 17.8 Å². The highest BCUT2D eigenvalue weighted by Crippen LogP contribution is 2.22. The molecule has 2 saturated heterocycles. The number of anilines is 3. The van der Waals surface area contributed by atoms with E-state index in [1.807, 2.05) is 17.0 Å². The minimum Gasteiger partial charge on any atom is -0.353 e. The minimum absolute atomic E-state index is 0.0555. The van der Waals surface area contributed by atoms with Crippen LogP contribution in [0.2, 0.25) is 0 Å². The Kier molecular flexibility index (Phi) is 6.85. The summed E-state index contributed by atoms with van der Waals surface area (Å²) in [4.78, 5) is 55.2. The van der Waals surface area contributed by atoms with Crippen molar-refractivity contribution in [1.82, 2.24) is 29.3 Å². The van der Waals surface area contributed by atoms with Crippen molar-refractivity contribution in [3.63, 3.8) is 0 Å². The standard InChI is InChI=1S/C26H30N8O3/c1-3-23(36)33-16-19(17-33)8-9-34-24(37)7-4-20-14-28-26(30-25(20)34)29-21-5-6-22(27-15-21)32-12-10-31(11-13-32)18(2)35/h3-7,14-15,19H,1,8-13,16-17H2,2H3,(H,28,29,30). The second kappa shape index (κ2) is 10.4. The molecule has 2 aliphatic rings. The maximum atomic E-state index is 12.7. The monoisotopic (exact) mass is 502 g/mol. The van der Waals surface area contributed by atoms with Gasteiger partial charge in [-0.25, -0.2) is 9.97 Å². The first-order valence-corrected chi connectivity index (χ1v) is 12.4. The van der Waals surface area contributed by atoms with Crippen molar-refractivity contribution in [2.75, 3.05) is 49.5 Å². The quantitative estimate of drug-likeness (QED) is 0.485. The van der Waals surface area contributed by atoms with E-state index in [4.69, 9.17) is 0 Å². The Morgan fingerprint density at radius 1 is 1.05 bits per heavy atom. The van der Waals surface area contributed by atoms with E-state index in [1.54, 1.807) is 34.9 Å². The molecule has 3 aromatic heterocycles. The molecule has 0 saturated carbocycles. The van der Waals surface area contributed by atoms with Crippen LogP contribution in [0, 0.1) is 5.92 Å². The van der Waals surface area contributed by atoms with Crippen LogP contribution in [0.4, 0.5) is 17.5 Å². The average molecular weight is 503 g/mol. The Morgan fingerprint density at radius 2 is 1.84 bits per heavy atom. The first kappa shape index (κ1) is 24.4. The van der Waals surface area contributed by atoms with E-state index in [1.165, 1.54) is 12.1 Å². The van der Waals surface area contributed by atoms with Gasteiger partial charge in [0.15, 0.2) is 0 Å². The van der Waals surface area contributed by atoms with Crippen molar-refractivity contribution < 1.29 is 9.59 Å². The van der Waals surface area contributed by atoms with Crippen molar-refractivity contribution in [2.45, 2.75) is 19.9 Å². The van der Waals surface area contributed by atoms with E-state index in [2.05, 4.69) is 31.7 Å². The molecule has 0 spiro atoms. The summed E-state index contributed by atoms with van der Waals surface area (Å²) in [6.45, 7) is 9.87. The lowest BCUT2D eigenvalue weighted by Gasteiger charge is -2.38. The zero-order valence-corrected chi connectivity index (χ0v) is 20.8. The number of likely N-dealkylation sites (tertiary alicyclic amines) is 1. The van der Waals surface area contributed by atoms with Gasteiger partial charge in [-0.1, -0.05) is 6.58 Å². The molecule has 0 unspecified atom stereocenters. The van der Waals surface area contributed by atoms with E-state index < -0.39 is 0 Å². The number of pyridine rings is 2. The van der Waals surface area contributed by atoms with Crippen molar-refractivity contribution in [1.29, 1.82) is 0 Å². The van der Waals surface area contributed by atoms with Crippen LogP contribution in [0.25, 0.3) is 11.0 Å². The van der Waals surface area contributed by atoms with Gasteiger partial charge >= 0.3 is 0 Å². The molecule has 0 bridgehead atoms. The third-order valence-electron chi connectivity index (χ3n) is 6.98. The van der Waals surface area contributed by atoms with Crippen LogP contribution >= 0.6 is 0 Å². The van der Waals surface area contributed by atoms with E-state index in [-0.39, 0.29) is 17.4 Å². The fourth-order valence-electron chi connectivity index (χ4n) is 4.75. The largest absolute Gasteiger partial charge is 0.353 e. The lowest BCUT2D eigenvalue weighted by Crippen LogP contribution is -2.49. The summed E-state index contributed by atoms with van der Waals surface area (Å²) >= 11 is 0. The number of fused-ring (bicyclic) bond motifs is 1. The highest BCUT2D eigenvalue weighted by Gasteiger charge is 2.29. The van der Waals surface area contributed by atoms with Crippen LogP contribution in [0.15, 0.2) is 54.1 Å². The second-order valence-corrected chi connectivity index (χ2v) is 9.42. The molecule has 11 nitrogen and oxygen atoms in total. The molecule has 2 fully saturated rings. The number of aromatic nitrogens is 4. The highest BCUT2D eigenvalue weighted by atomic mass is 16.2. The topological polar surface area (TPSA) is 117 Å². The van der Waals surface area contributed by atoms with Crippen LogP contribution < -0.4 is 15.8 Å². The molecule has 0 aromatic carbocycles. The van der Waals surface area contributed by atoms with E-state index in [9.17, 15) is 14.4 Å². The molecule has 5 heterocycles. The summed E-state index contributed by atoms with van der Waals surface area (Å²) in [5.74, 6) is 1.62. The molecule has 2 aliphatic heterocycles. The van der Waals surface area contributed by atoms with Gasteiger partial charge in [-0.2, -0.15) is 4.98 Å². The maximum absolute atomic E-state index is 12.7. The van der Waals surface area contributed by atoms with E-state index in [0.717, 1.165) is 36.4 Å². The Labute approximate surface area is 214 Å². The second-order valence-electron chi connectivity index (χ2n) is 9.42. The van der Waals surface area contributed by atoms with Crippen molar-refractivity contribution in [3.05, 3.63) is 59.7 Å². The fraction of sp³-hybridized carbons (Fsp3) is 0.385. The number of amides is 2. The van der Waals surface area contributed by atoms with Crippen molar-refractivity contribution in [2.24, 2.45) is 5.92 Å². The summed E-state index contributed by atoms with van der Waals surface area (Å²) in [7, 11) is 0. The van der Waals surface area contributed by atoms with Crippen LogP contribution in [0.3, 0.4) is 0 Å². The third kappa shape index (κ3) is 5.30. The molecular weight excluding hydrogens is 472 g/mol. The number of carbonyl (C=O) groups is 2. The van der Waals surface area contributed by atoms with Gasteiger partial charge in [-0.05, 0) is 36.6 Å². The molecule has 0 atom stereocenters. The Balaban J connectivity index is 1.25. The van der Waals surface area contributed by atoms with Crippen LogP contribution in [0.1, 0.15) is 13.3 Å². The predicted octanol–water partition coefficient (Wildman–Crippen LogP) is 1.63. The normalized spacial score (nSPS) is 16.0. The number of piperazine rings is 1. The van der Waals surface area contributed by atoms with Gasteiger partial charge < -0.3 is 20.0 Å². The van der Waals surface area contributed by atoms with E-state index >= 15 is 0 Å². The number of nitrogens with one attached hydrogen (secondary N) is 1. The maximum Gasteiger partial charge on any atom is 0.252 e. The Bertz CT molecular complexity index is 1370. The lowest BCUT2D eigenvalue weighted by atomic mass is 9.96. The highest BCUT2D eigenvalue weighted by molar-refractivity contribution is 5.87. The molecular formula is C26H30N8O3. The molecule has 0 radical (unpaired) electrons. The number of hydrogen-bond acceptors (Lipinski definition) is 8. The van der Waals surface area contributed by atoms with Gasteiger partial charge in [-0.15, -0.1) is 0 Å². The molecule has 3 aromatic rings. The average Bonchev–Trinajstić information content (AvgIpc) is 2.89. The van der Waals surface area contributed by atoms with Gasteiger partial charge in [-0.3, -0.25) is 19.0 Å². The van der Waals surface area contributed by atoms with Gasteiger partial charge in [0.25, 0.3) is 5.56 Å². The summed E-state index contributed by atoms with van der Waals surface area (Å²) in [6, 6.07) is 7.11. The van der Waals surface area contributed by atoms with Gasteiger partial charge in [0.1, 0.15) is 11.5 Å². The SMILES string of the molecule is C=CC(=O)N1CC(CCn2c(=O)ccc3cnc(Nc4ccc(N5CCN(C(C)=O)CC5)nc4)nc32)C1. The number of rotatable bonds is 7. The minimum atomic E-state index is -0.119. The molecule has 11 heteroatoms. The molecule has 192 valence electrons. The number of aryl methyl sites for hydroxylation is 1. The van der Waals surface area contributed by atoms with Crippen molar-refractivity contribution >= 4 is 40.3 Å². The van der Waals surface area contributed by atoms with Gasteiger partial charge in [0.05, 0.1) is 11.9 Å². The first-order chi connectivity index (χ1) is 17.9. The van der Waals surface area contributed by atoms with Crippen LogP contribution in [-0.4, -0.2) is 80.4 Å². The van der Waals surface area contributed by atoms with Crippen LogP contribution in [0.5, 0.6) is 0 Å². The fourth-order valence-corrected chi connectivity index (χ4v) is 4.75. The molecule has 0 aliphatic carbocycles. The summed E-state index contributed by atoms with van der Waals surface area (Å²) in [5.41, 5.74) is 1.18. The van der Waals surface area contributed by atoms with Crippen molar-refractivity contribution in [3.8, 4) is 0 Å². The van der Waals surface area contributed by atoms with Gasteiger partial charge in [0, 0.05) is 70.4 Å². The molecule has 5 rings (SSSR count).